The van der Waals surface area contributed by atoms with Gasteiger partial charge >= 0.3 is 0 Å². The minimum atomic E-state index is -0.375. The van der Waals surface area contributed by atoms with E-state index in [0.717, 1.165) is 0 Å². The fraction of sp³-hybridized carbons (Fsp3) is 0.312. The number of aliphatic hydroxyl groups excluding tert-OH is 2. The maximum Gasteiger partial charge on any atom is 0.0536 e. The number of aromatic nitrogens is 1. The Morgan fingerprint density at radius 3 is 1.40 bits per heavy atom. The molecule has 4 heteroatoms. The van der Waals surface area contributed by atoms with Crippen molar-refractivity contribution in [1.29, 1.82) is 0 Å². The van der Waals surface area contributed by atoms with Crippen molar-refractivity contribution in [3.8, 4) is 0 Å². The van der Waals surface area contributed by atoms with Crippen molar-refractivity contribution in [3.63, 3.8) is 0 Å². The molecule has 2 atom stereocenters. The molecule has 3 nitrogen and oxygen atoms in total. The first-order valence-corrected chi connectivity index (χ1v) is 6.25. The Morgan fingerprint density at radius 2 is 1.30 bits per heavy atom. The van der Waals surface area contributed by atoms with Gasteiger partial charge in [-0.2, -0.15) is 36.4 Å². The van der Waals surface area contributed by atoms with Crippen LogP contribution in [0.5, 0.6) is 0 Å². The van der Waals surface area contributed by atoms with Crippen LogP contribution in [0.4, 0.5) is 0 Å². The van der Waals surface area contributed by atoms with Crippen LogP contribution in [0, 0.1) is 6.07 Å². The monoisotopic (exact) mass is 453 g/mol. The van der Waals surface area contributed by atoms with Gasteiger partial charge < -0.3 is 10.2 Å². The molecule has 1 aromatic heterocycles. The van der Waals surface area contributed by atoms with Crippen LogP contribution in [0.2, 0.25) is 0 Å². The third-order valence-electron chi connectivity index (χ3n) is 1.86. The second kappa shape index (κ2) is 16.0. The van der Waals surface area contributed by atoms with Gasteiger partial charge in [-0.3, -0.25) is 4.98 Å². The molecule has 2 rings (SSSR count). The third kappa shape index (κ3) is 19.3. The Hall–Kier alpha value is -1.06. The molecule has 0 amide bonds. The summed E-state index contributed by atoms with van der Waals surface area (Å²) >= 11 is 0. The zero-order valence-electron chi connectivity index (χ0n) is 11.8. The van der Waals surface area contributed by atoms with E-state index in [9.17, 15) is 0 Å². The van der Waals surface area contributed by atoms with Gasteiger partial charge in [-0.1, -0.05) is 6.07 Å². The first-order chi connectivity index (χ1) is 9.13. The molecule has 0 spiro atoms. The Morgan fingerprint density at radius 1 is 0.850 bits per heavy atom. The van der Waals surface area contributed by atoms with Gasteiger partial charge in [0.25, 0.3) is 0 Å². The average Bonchev–Trinajstić information content (AvgIpc) is 2.42. The predicted molar refractivity (Wildman–Crippen MR) is 77.5 cm³/mol. The van der Waals surface area contributed by atoms with Crippen molar-refractivity contribution in [3.05, 3.63) is 67.0 Å². The SMILES string of the molecule is CC(O)CC(C)O.[Ir].[c-]1ccccc1.c1ccncc1. The van der Waals surface area contributed by atoms with Crippen molar-refractivity contribution in [2.24, 2.45) is 0 Å². The smallest absolute Gasteiger partial charge is 0.0536 e. The second-order valence-corrected chi connectivity index (χ2v) is 4.04. The fourth-order valence-electron chi connectivity index (χ4n) is 1.15. The fourth-order valence-corrected chi connectivity index (χ4v) is 1.15. The van der Waals surface area contributed by atoms with Gasteiger partial charge in [0.05, 0.1) is 12.2 Å². The molecule has 0 aliphatic heterocycles. The van der Waals surface area contributed by atoms with E-state index in [1.54, 1.807) is 26.2 Å². The van der Waals surface area contributed by atoms with Crippen LogP contribution in [0.1, 0.15) is 20.3 Å². The van der Waals surface area contributed by atoms with Gasteiger partial charge in [0.15, 0.2) is 0 Å². The molecule has 0 aliphatic carbocycles. The molecule has 0 saturated heterocycles. The Bertz CT molecular complexity index is 278. The van der Waals surface area contributed by atoms with Crippen molar-refractivity contribution >= 4 is 0 Å². The minimum absolute atomic E-state index is 0. The maximum atomic E-state index is 8.56. The van der Waals surface area contributed by atoms with E-state index in [0.29, 0.717) is 6.42 Å². The van der Waals surface area contributed by atoms with Crippen molar-refractivity contribution in [1.82, 2.24) is 4.98 Å². The summed E-state index contributed by atoms with van der Waals surface area (Å²) in [6, 6.07) is 18.2. The number of aliphatic hydroxyl groups is 2. The number of hydrogen-bond acceptors (Lipinski definition) is 3. The first-order valence-electron chi connectivity index (χ1n) is 6.25. The van der Waals surface area contributed by atoms with Crippen LogP contribution < -0.4 is 0 Å². The summed E-state index contributed by atoms with van der Waals surface area (Å²) in [5.74, 6) is 0. The van der Waals surface area contributed by atoms with Gasteiger partial charge in [0, 0.05) is 32.5 Å². The summed E-state index contributed by atoms with van der Waals surface area (Å²) in [5.41, 5.74) is 0. The average molecular weight is 453 g/mol. The molecule has 2 unspecified atom stereocenters. The van der Waals surface area contributed by atoms with E-state index in [-0.39, 0.29) is 32.3 Å². The Balaban J connectivity index is 0. The summed E-state index contributed by atoms with van der Waals surface area (Å²) in [6.07, 6.45) is 3.22. The van der Waals surface area contributed by atoms with Crippen LogP contribution >= 0.6 is 0 Å². The molecule has 113 valence electrons. The molecule has 1 heterocycles. The second-order valence-electron chi connectivity index (χ2n) is 4.04. The van der Waals surface area contributed by atoms with Crippen LogP contribution in [-0.4, -0.2) is 27.4 Å². The van der Waals surface area contributed by atoms with E-state index in [2.05, 4.69) is 11.1 Å². The summed E-state index contributed by atoms with van der Waals surface area (Å²) in [4.78, 5) is 3.78. The topological polar surface area (TPSA) is 53.4 Å². The van der Waals surface area contributed by atoms with Crippen LogP contribution in [0.25, 0.3) is 0 Å². The van der Waals surface area contributed by atoms with Crippen molar-refractivity contribution < 1.29 is 30.3 Å². The zero-order valence-corrected chi connectivity index (χ0v) is 14.2. The molecular weight excluding hydrogens is 430 g/mol. The third-order valence-corrected chi connectivity index (χ3v) is 1.86. The molecule has 1 aromatic carbocycles. The predicted octanol–water partition coefficient (Wildman–Crippen LogP) is 2.70. The Labute approximate surface area is 135 Å². The summed E-state index contributed by atoms with van der Waals surface area (Å²) in [6.45, 7) is 3.32. The maximum absolute atomic E-state index is 8.56. The zero-order chi connectivity index (χ0) is 14.3. The van der Waals surface area contributed by atoms with E-state index in [1.807, 2.05) is 48.5 Å². The van der Waals surface area contributed by atoms with Crippen LogP contribution in [-0.2, 0) is 20.1 Å². The molecule has 0 bridgehead atoms. The molecule has 0 aliphatic rings. The first kappa shape index (κ1) is 21.2. The van der Waals surface area contributed by atoms with Gasteiger partial charge in [0.2, 0.25) is 0 Å². The summed E-state index contributed by atoms with van der Waals surface area (Å²) in [5, 5.41) is 17.1. The number of benzene rings is 1. The number of hydrogen-bond donors (Lipinski definition) is 2. The van der Waals surface area contributed by atoms with Gasteiger partial charge in [0.1, 0.15) is 0 Å². The van der Waals surface area contributed by atoms with Crippen molar-refractivity contribution in [2.45, 2.75) is 32.5 Å². The van der Waals surface area contributed by atoms with Crippen LogP contribution in [0.15, 0.2) is 60.9 Å². The molecule has 2 aromatic rings. The summed E-state index contributed by atoms with van der Waals surface area (Å²) < 4.78 is 0. The van der Waals surface area contributed by atoms with Crippen LogP contribution in [0.3, 0.4) is 0 Å². The molecule has 2 N–H and O–H groups in total. The number of rotatable bonds is 2. The summed E-state index contributed by atoms with van der Waals surface area (Å²) in [7, 11) is 0. The normalized spacial score (nSPS) is 11.4. The number of nitrogens with zero attached hydrogens (tertiary/aromatic N) is 1. The largest absolute Gasteiger partial charge is 0.393 e. The van der Waals surface area contributed by atoms with Gasteiger partial charge in [-0.25, -0.2) is 0 Å². The van der Waals surface area contributed by atoms with Gasteiger partial charge in [-0.05, 0) is 32.4 Å². The number of pyridine rings is 1. The molecule has 0 saturated carbocycles. The van der Waals surface area contributed by atoms with E-state index in [4.69, 9.17) is 10.2 Å². The molecular formula is C16H22IrNO2-. The van der Waals surface area contributed by atoms with Crippen molar-refractivity contribution in [2.75, 3.05) is 0 Å². The standard InChI is InChI=1S/C6H5.C5H5N.C5H12O2.Ir/c2*1-2-4-6-5-3-1;1-4(6)3-5(2)7;/h2*1-5H;4-7H,3H2,1-2H3;/q-1;;;. The van der Waals surface area contributed by atoms with E-state index in [1.165, 1.54) is 0 Å². The molecule has 0 fully saturated rings. The van der Waals surface area contributed by atoms with E-state index < -0.39 is 0 Å². The quantitative estimate of drug-likeness (QED) is 0.689. The minimum Gasteiger partial charge on any atom is -0.393 e. The Kier molecular flexibility index (Phi) is 17.0. The van der Waals surface area contributed by atoms with Gasteiger partial charge in [-0.15, -0.1) is 0 Å². The van der Waals surface area contributed by atoms with E-state index >= 15 is 0 Å². The molecule has 1 radical (unpaired) electrons. The molecule has 20 heavy (non-hydrogen) atoms.